The largest absolute Gasteiger partial charge is 0.380 e. The van der Waals surface area contributed by atoms with Gasteiger partial charge in [-0.25, -0.2) is 0 Å². The van der Waals surface area contributed by atoms with Gasteiger partial charge >= 0.3 is 0 Å². The van der Waals surface area contributed by atoms with Crippen LogP contribution >= 0.6 is 0 Å². The Kier molecular flexibility index (Phi) is 13.9. The number of hydrogen-bond donors (Lipinski definition) is 0. The summed E-state index contributed by atoms with van der Waals surface area (Å²) in [5.41, 5.74) is 0. The Balaban J connectivity index is 0.000000952. The first-order chi connectivity index (χ1) is 11.5. The fourth-order valence-corrected chi connectivity index (χ4v) is 2.49. The summed E-state index contributed by atoms with van der Waals surface area (Å²) < 4.78 is 17.0. The highest BCUT2D eigenvalue weighted by atomic mass is 16.7. The lowest BCUT2D eigenvalue weighted by atomic mass is 10.3. The average Bonchev–Trinajstić information content (AvgIpc) is 2.91. The molecule has 0 saturated carbocycles. The molecule has 2 rings (SSSR count). The first-order valence-electron chi connectivity index (χ1n) is 9.77. The van der Waals surface area contributed by atoms with Crippen LogP contribution in [0.3, 0.4) is 0 Å². The van der Waals surface area contributed by atoms with E-state index in [9.17, 15) is 0 Å². The molecule has 2 saturated heterocycles. The summed E-state index contributed by atoms with van der Waals surface area (Å²) in [7, 11) is 2.18. The van der Waals surface area contributed by atoms with Crippen molar-refractivity contribution < 1.29 is 14.2 Å². The summed E-state index contributed by atoms with van der Waals surface area (Å²) >= 11 is 0. The Labute approximate surface area is 150 Å². The van der Waals surface area contributed by atoms with Gasteiger partial charge in [-0.15, -0.1) is 0 Å². The van der Waals surface area contributed by atoms with Gasteiger partial charge in [0, 0.05) is 39.3 Å². The molecular weight excluding hydrogens is 304 g/mol. The van der Waals surface area contributed by atoms with Crippen molar-refractivity contribution in [2.24, 2.45) is 0 Å². The Bertz CT molecular complexity index is 280. The second kappa shape index (κ2) is 14.0. The molecule has 0 aromatic heterocycles. The van der Waals surface area contributed by atoms with E-state index in [-0.39, 0.29) is 6.10 Å². The van der Waals surface area contributed by atoms with E-state index in [1.54, 1.807) is 0 Å². The number of piperazine rings is 1. The number of ether oxygens (including phenoxy) is 3. The van der Waals surface area contributed by atoms with Crippen LogP contribution in [-0.2, 0) is 14.2 Å². The average molecular weight is 347 g/mol. The maximum atomic E-state index is 5.74. The molecular formula is C19H42N2O3. The Hall–Kier alpha value is -0.200. The molecule has 5 nitrogen and oxygen atoms in total. The van der Waals surface area contributed by atoms with Gasteiger partial charge in [0.15, 0.2) is 5.79 Å². The summed E-state index contributed by atoms with van der Waals surface area (Å²) in [6.45, 7) is 20.1. The molecule has 0 amide bonds. The van der Waals surface area contributed by atoms with Crippen LogP contribution in [0.1, 0.15) is 54.4 Å². The monoisotopic (exact) mass is 346 g/mol. The number of likely N-dealkylation sites (N-methyl/N-ethyl adjacent to an activating group) is 1. The molecule has 2 aliphatic heterocycles. The van der Waals surface area contributed by atoms with E-state index in [1.807, 2.05) is 27.7 Å². The van der Waals surface area contributed by atoms with Crippen molar-refractivity contribution in [1.82, 2.24) is 9.80 Å². The number of rotatable bonds is 6. The third-order valence-electron chi connectivity index (χ3n) is 3.80. The molecule has 24 heavy (non-hydrogen) atoms. The molecule has 0 spiro atoms. The standard InChI is InChI=1S/C14H28N2O3.C3H8.C2H6/c1-14(2)18-12-13(19-14)4-10-17-11-9-16-7-5-15(3)6-8-16;1-3-2;1-2/h13H,4-12H2,1-3H3;3H2,1-2H3;1-2H3. The third-order valence-corrected chi connectivity index (χ3v) is 3.80. The zero-order valence-corrected chi connectivity index (χ0v) is 17.3. The summed E-state index contributed by atoms with van der Waals surface area (Å²) in [5, 5.41) is 0. The Morgan fingerprint density at radius 3 is 2.12 bits per heavy atom. The van der Waals surface area contributed by atoms with Crippen LogP contribution in [0.5, 0.6) is 0 Å². The zero-order chi connectivity index (χ0) is 18.4. The number of hydrogen-bond acceptors (Lipinski definition) is 5. The van der Waals surface area contributed by atoms with Crippen LogP contribution < -0.4 is 0 Å². The lowest BCUT2D eigenvalue weighted by Crippen LogP contribution is -2.45. The van der Waals surface area contributed by atoms with Gasteiger partial charge in [-0.1, -0.05) is 34.1 Å². The maximum absolute atomic E-state index is 5.74. The lowest BCUT2D eigenvalue weighted by Gasteiger charge is -2.32. The molecule has 1 unspecified atom stereocenters. The minimum atomic E-state index is -0.412. The Morgan fingerprint density at radius 2 is 1.62 bits per heavy atom. The molecule has 0 aromatic rings. The SMILES string of the molecule is CC.CCC.CN1CCN(CCOCCC2COC(C)(C)O2)CC1. The molecule has 1 atom stereocenters. The first kappa shape index (κ1) is 23.8. The molecule has 2 heterocycles. The minimum absolute atomic E-state index is 0.193. The van der Waals surface area contributed by atoms with Crippen molar-refractivity contribution in [2.45, 2.75) is 66.3 Å². The topological polar surface area (TPSA) is 34.2 Å². The van der Waals surface area contributed by atoms with Crippen LogP contribution in [0, 0.1) is 0 Å². The van der Waals surface area contributed by atoms with Gasteiger partial charge in [0.05, 0.1) is 19.3 Å². The molecule has 0 N–H and O–H groups in total. The highest BCUT2D eigenvalue weighted by molar-refractivity contribution is 4.71. The quantitative estimate of drug-likeness (QED) is 0.690. The minimum Gasteiger partial charge on any atom is -0.380 e. The van der Waals surface area contributed by atoms with Gasteiger partial charge in [-0.2, -0.15) is 0 Å². The molecule has 2 aliphatic rings. The predicted molar refractivity (Wildman–Crippen MR) is 102 cm³/mol. The van der Waals surface area contributed by atoms with Gasteiger partial charge in [-0.05, 0) is 27.3 Å². The van der Waals surface area contributed by atoms with Crippen molar-refractivity contribution in [1.29, 1.82) is 0 Å². The fraction of sp³-hybridized carbons (Fsp3) is 1.00. The van der Waals surface area contributed by atoms with Crippen LogP contribution in [-0.4, -0.2) is 81.3 Å². The normalized spacial score (nSPS) is 23.9. The van der Waals surface area contributed by atoms with Gasteiger partial charge < -0.3 is 19.1 Å². The Morgan fingerprint density at radius 1 is 1.04 bits per heavy atom. The summed E-state index contributed by atoms with van der Waals surface area (Å²) in [6.07, 6.45) is 2.37. The smallest absolute Gasteiger partial charge is 0.163 e. The predicted octanol–water partition coefficient (Wildman–Crippen LogP) is 3.23. The van der Waals surface area contributed by atoms with Gasteiger partial charge in [0.1, 0.15) is 0 Å². The zero-order valence-electron chi connectivity index (χ0n) is 17.3. The molecule has 0 aliphatic carbocycles. The summed E-state index contributed by atoms with van der Waals surface area (Å²) in [5.74, 6) is -0.412. The van der Waals surface area contributed by atoms with Crippen LogP contribution in [0.4, 0.5) is 0 Å². The molecule has 146 valence electrons. The molecule has 2 fully saturated rings. The van der Waals surface area contributed by atoms with E-state index >= 15 is 0 Å². The summed E-state index contributed by atoms with van der Waals surface area (Å²) in [6, 6.07) is 0. The van der Waals surface area contributed by atoms with E-state index in [1.165, 1.54) is 19.5 Å². The van der Waals surface area contributed by atoms with E-state index in [4.69, 9.17) is 14.2 Å². The summed E-state index contributed by atoms with van der Waals surface area (Å²) in [4.78, 5) is 4.84. The van der Waals surface area contributed by atoms with Crippen molar-refractivity contribution in [2.75, 3.05) is 59.6 Å². The molecule has 0 aromatic carbocycles. The lowest BCUT2D eigenvalue weighted by molar-refractivity contribution is -0.140. The van der Waals surface area contributed by atoms with Crippen LogP contribution in [0.25, 0.3) is 0 Å². The van der Waals surface area contributed by atoms with E-state index in [0.717, 1.165) is 39.3 Å². The van der Waals surface area contributed by atoms with Crippen molar-refractivity contribution in [3.8, 4) is 0 Å². The third kappa shape index (κ3) is 11.4. The highest BCUT2D eigenvalue weighted by Gasteiger charge is 2.32. The second-order valence-electron chi connectivity index (χ2n) is 6.70. The molecule has 0 bridgehead atoms. The van der Waals surface area contributed by atoms with Gasteiger partial charge in [0.25, 0.3) is 0 Å². The highest BCUT2D eigenvalue weighted by Crippen LogP contribution is 2.23. The van der Waals surface area contributed by atoms with Crippen LogP contribution in [0.15, 0.2) is 0 Å². The fourth-order valence-electron chi connectivity index (χ4n) is 2.49. The van der Waals surface area contributed by atoms with Crippen molar-refractivity contribution in [3.05, 3.63) is 0 Å². The molecule has 5 heteroatoms. The van der Waals surface area contributed by atoms with E-state index in [0.29, 0.717) is 6.61 Å². The van der Waals surface area contributed by atoms with E-state index < -0.39 is 5.79 Å². The maximum Gasteiger partial charge on any atom is 0.163 e. The first-order valence-corrected chi connectivity index (χ1v) is 9.77. The molecule has 0 radical (unpaired) electrons. The second-order valence-corrected chi connectivity index (χ2v) is 6.70. The van der Waals surface area contributed by atoms with E-state index in [2.05, 4.69) is 30.7 Å². The van der Waals surface area contributed by atoms with Gasteiger partial charge in [-0.3, -0.25) is 4.90 Å². The van der Waals surface area contributed by atoms with Crippen LogP contribution in [0.2, 0.25) is 0 Å². The number of nitrogens with zero attached hydrogens (tertiary/aromatic N) is 2. The van der Waals surface area contributed by atoms with Crippen molar-refractivity contribution in [3.63, 3.8) is 0 Å². The van der Waals surface area contributed by atoms with Crippen molar-refractivity contribution >= 4 is 0 Å². The van der Waals surface area contributed by atoms with Gasteiger partial charge in [0.2, 0.25) is 0 Å².